The van der Waals surface area contributed by atoms with Gasteiger partial charge in [0.25, 0.3) is 0 Å². The van der Waals surface area contributed by atoms with Crippen molar-refractivity contribution >= 4 is 59.5 Å². The minimum atomic E-state index is -0.355. The fraction of sp³-hybridized carbons (Fsp3) is 0.364. The molecular formula is C55H65N5O5. The number of fused-ring (bicyclic) bond motifs is 10. The fourth-order valence-electron chi connectivity index (χ4n) is 7.05. The first-order valence-electron chi connectivity index (χ1n) is 22.0. The number of benzene rings is 5. The predicted molar refractivity (Wildman–Crippen MR) is 270 cm³/mol. The van der Waals surface area contributed by atoms with Crippen LogP contribution in [0.15, 0.2) is 85.6 Å². The van der Waals surface area contributed by atoms with Crippen LogP contribution in [-0.2, 0) is 27.1 Å². The molecule has 0 aromatic heterocycles. The van der Waals surface area contributed by atoms with Crippen LogP contribution in [-0.4, -0.2) is 56.6 Å². The summed E-state index contributed by atoms with van der Waals surface area (Å²) in [6.07, 6.45) is 7.56. The molecule has 0 aliphatic carbocycles. The molecule has 10 bridgehead atoms. The number of phenolic OH excluding ortho intramolecular Hbond substituents is 5. The lowest BCUT2D eigenvalue weighted by atomic mass is 9.85. The normalized spacial score (nSPS) is 13.8. The molecule has 0 atom stereocenters. The van der Waals surface area contributed by atoms with E-state index in [2.05, 4.69) is 104 Å². The highest BCUT2D eigenvalue weighted by Crippen LogP contribution is 2.43. The summed E-state index contributed by atoms with van der Waals surface area (Å²) in [5, 5.41) is 59.0. The maximum Gasteiger partial charge on any atom is 0.149 e. The van der Waals surface area contributed by atoms with Crippen LogP contribution in [0.5, 0.6) is 28.7 Å². The second-order valence-electron chi connectivity index (χ2n) is 22.2. The standard InChI is InChI=1S/C55H65N5O5/c1-51(2,3)36-16-31-26-57-42-22-38(53(7,8)9)18-33(48(42)63)28-59-44-24-40(55(13,14)15)20-35(50(44)65)30-60-45-25-39(54(10,11)12)19-34(49(45)64)29-58-43-23-37(52(4,5)6)17-32(47(43)62)27-56-41(21-36)46(31)61/h16-30,61-65H,1-15H3. The van der Waals surface area contributed by atoms with Gasteiger partial charge in [-0.2, -0.15) is 0 Å². The predicted octanol–water partition coefficient (Wildman–Crippen LogP) is 13.8. The Bertz CT molecular complexity index is 2240. The van der Waals surface area contributed by atoms with Gasteiger partial charge in [-0.1, -0.05) is 104 Å². The number of aliphatic imine (C=N–C) groups is 5. The highest BCUT2D eigenvalue weighted by molar-refractivity contribution is 5.97. The molecule has 6 rings (SSSR count). The summed E-state index contributed by atoms with van der Waals surface area (Å²) < 4.78 is 0. The molecule has 5 aromatic rings. The largest absolute Gasteiger partial charge is 0.505 e. The van der Waals surface area contributed by atoms with Crippen LogP contribution in [0.2, 0.25) is 0 Å². The Kier molecular flexibility index (Phi) is 12.6. The van der Waals surface area contributed by atoms with Crippen LogP contribution in [0.4, 0.5) is 28.4 Å². The Morgan fingerprint density at radius 2 is 0.385 bits per heavy atom. The highest BCUT2D eigenvalue weighted by atomic mass is 16.3. The number of phenols is 5. The van der Waals surface area contributed by atoms with Crippen molar-refractivity contribution in [3.05, 3.63) is 116 Å². The molecule has 1 aliphatic heterocycles. The monoisotopic (exact) mass is 875 g/mol. The van der Waals surface area contributed by atoms with Crippen molar-refractivity contribution in [2.45, 2.75) is 131 Å². The van der Waals surface area contributed by atoms with Gasteiger partial charge in [0.2, 0.25) is 0 Å². The Balaban J connectivity index is 1.71. The topological polar surface area (TPSA) is 163 Å². The van der Waals surface area contributed by atoms with Gasteiger partial charge in [-0.25, -0.2) is 0 Å². The van der Waals surface area contributed by atoms with Crippen molar-refractivity contribution in [3.8, 4) is 28.7 Å². The molecule has 0 saturated heterocycles. The molecule has 0 saturated carbocycles. The van der Waals surface area contributed by atoms with Crippen LogP contribution < -0.4 is 0 Å². The minimum absolute atomic E-state index is 0.140. The van der Waals surface area contributed by atoms with Gasteiger partial charge >= 0.3 is 0 Å². The van der Waals surface area contributed by atoms with Gasteiger partial charge in [-0.15, -0.1) is 0 Å². The first kappa shape index (κ1) is 47.9. The van der Waals surface area contributed by atoms with E-state index in [0.717, 1.165) is 27.8 Å². The van der Waals surface area contributed by atoms with Crippen molar-refractivity contribution in [1.82, 2.24) is 0 Å². The van der Waals surface area contributed by atoms with Crippen LogP contribution in [0, 0.1) is 0 Å². The zero-order valence-corrected chi connectivity index (χ0v) is 40.6. The molecule has 1 aliphatic rings. The Hall–Kier alpha value is -6.55. The lowest BCUT2D eigenvalue weighted by molar-refractivity contribution is 0.473. The molecule has 10 heteroatoms. The molecule has 0 amide bonds. The molecule has 0 radical (unpaired) electrons. The third kappa shape index (κ3) is 10.7. The Morgan fingerprint density at radius 3 is 0.508 bits per heavy atom. The zero-order chi connectivity index (χ0) is 48.2. The van der Waals surface area contributed by atoms with Crippen molar-refractivity contribution in [2.24, 2.45) is 25.0 Å². The van der Waals surface area contributed by atoms with E-state index in [4.69, 9.17) is 25.0 Å². The molecule has 340 valence electrons. The highest BCUT2D eigenvalue weighted by Gasteiger charge is 2.24. The summed E-state index contributed by atoms with van der Waals surface area (Å²) in [5.41, 5.74) is 5.73. The molecule has 10 nitrogen and oxygen atoms in total. The van der Waals surface area contributed by atoms with E-state index in [1.165, 1.54) is 31.1 Å². The zero-order valence-electron chi connectivity index (χ0n) is 40.6. The summed E-state index contributed by atoms with van der Waals surface area (Å²) in [5.74, 6) is -0.700. The lowest BCUT2D eigenvalue weighted by Gasteiger charge is -2.22. The third-order valence-corrected chi connectivity index (χ3v) is 11.6. The maximum atomic E-state index is 11.8. The van der Waals surface area contributed by atoms with E-state index in [0.29, 0.717) is 27.8 Å². The number of hydrogen-bond acceptors (Lipinski definition) is 10. The van der Waals surface area contributed by atoms with E-state index in [9.17, 15) is 25.5 Å². The fourth-order valence-corrected chi connectivity index (χ4v) is 7.05. The SMILES string of the molecule is CC(C)(C)c1cc2c(O)c(c1)N=Cc1cc(C(C)(C)C)cc(c1O)N=Cc1cc(C(C)(C)C)cc(c1O)N=Cc1cc(C(C)(C)C)cc(c1O)N=Cc1cc(C(C)(C)C)cc(c1O)N=C2. The summed E-state index contributed by atoms with van der Waals surface area (Å²) in [7, 11) is 0. The van der Waals surface area contributed by atoms with Crippen LogP contribution in [0.3, 0.4) is 0 Å². The number of nitrogens with zero attached hydrogens (tertiary/aromatic N) is 5. The van der Waals surface area contributed by atoms with Crippen molar-refractivity contribution in [1.29, 1.82) is 0 Å². The smallest absolute Gasteiger partial charge is 0.149 e. The minimum Gasteiger partial charge on any atom is -0.505 e. The Morgan fingerprint density at radius 1 is 0.246 bits per heavy atom. The molecule has 5 N–H and O–H groups in total. The molecule has 5 aromatic carbocycles. The molecule has 0 spiro atoms. The summed E-state index contributed by atoms with van der Waals surface area (Å²) in [6, 6.07) is 18.3. The van der Waals surface area contributed by atoms with Crippen molar-refractivity contribution in [2.75, 3.05) is 0 Å². The number of rotatable bonds is 0. The number of hydrogen-bond donors (Lipinski definition) is 5. The van der Waals surface area contributed by atoms with Gasteiger partial charge in [0.15, 0.2) is 0 Å². The third-order valence-electron chi connectivity index (χ3n) is 11.6. The van der Waals surface area contributed by atoms with Gasteiger partial charge in [0, 0.05) is 58.9 Å². The first-order chi connectivity index (χ1) is 29.9. The van der Waals surface area contributed by atoms with Gasteiger partial charge in [-0.05, 0) is 116 Å². The van der Waals surface area contributed by atoms with E-state index < -0.39 is 0 Å². The molecular weight excluding hydrogens is 811 g/mol. The van der Waals surface area contributed by atoms with Crippen LogP contribution in [0.25, 0.3) is 0 Å². The second-order valence-corrected chi connectivity index (χ2v) is 22.2. The average Bonchev–Trinajstić information content (AvgIpc) is 3.18. The average molecular weight is 876 g/mol. The lowest BCUT2D eigenvalue weighted by Crippen LogP contribution is -2.12. The maximum absolute atomic E-state index is 11.8. The van der Waals surface area contributed by atoms with Crippen LogP contribution in [0.1, 0.15) is 159 Å². The van der Waals surface area contributed by atoms with Gasteiger partial charge in [-0.3, -0.25) is 25.0 Å². The quantitative estimate of drug-likeness (QED) is 0.102. The van der Waals surface area contributed by atoms with Crippen molar-refractivity contribution in [3.63, 3.8) is 0 Å². The van der Waals surface area contributed by atoms with E-state index in [1.54, 1.807) is 0 Å². The molecule has 0 unspecified atom stereocenters. The van der Waals surface area contributed by atoms with E-state index in [-0.39, 0.29) is 84.3 Å². The van der Waals surface area contributed by atoms with Crippen molar-refractivity contribution < 1.29 is 25.5 Å². The summed E-state index contributed by atoms with van der Waals surface area (Å²) in [4.78, 5) is 23.8. The second kappa shape index (κ2) is 17.1. The molecule has 0 fully saturated rings. The van der Waals surface area contributed by atoms with E-state index in [1.807, 2.05) is 60.7 Å². The van der Waals surface area contributed by atoms with Gasteiger partial charge in [0.1, 0.15) is 57.2 Å². The van der Waals surface area contributed by atoms with Gasteiger partial charge < -0.3 is 25.5 Å². The summed E-state index contributed by atoms with van der Waals surface area (Å²) >= 11 is 0. The number of aromatic hydroxyl groups is 5. The van der Waals surface area contributed by atoms with Crippen LogP contribution >= 0.6 is 0 Å². The van der Waals surface area contributed by atoms with E-state index >= 15 is 0 Å². The Labute approximate surface area is 384 Å². The first-order valence-corrected chi connectivity index (χ1v) is 22.0. The summed E-state index contributed by atoms with van der Waals surface area (Å²) in [6.45, 7) is 30.9. The molecule has 65 heavy (non-hydrogen) atoms. The molecule has 1 heterocycles. The van der Waals surface area contributed by atoms with Gasteiger partial charge in [0.05, 0.1) is 0 Å².